The van der Waals surface area contributed by atoms with E-state index in [0.29, 0.717) is 30.5 Å². The minimum atomic E-state index is 0.681. The van der Waals surface area contributed by atoms with Gasteiger partial charge in [-0.2, -0.15) is 4.98 Å². The van der Waals surface area contributed by atoms with Gasteiger partial charge in [-0.1, -0.05) is 17.8 Å². The van der Waals surface area contributed by atoms with Crippen LogP contribution in [0.1, 0.15) is 5.56 Å². The fourth-order valence-corrected chi connectivity index (χ4v) is 5.01. The molecule has 1 aromatic carbocycles. The van der Waals surface area contributed by atoms with Crippen LogP contribution in [0.15, 0.2) is 29.6 Å². The van der Waals surface area contributed by atoms with Gasteiger partial charge in [-0.15, -0.1) is 0 Å². The van der Waals surface area contributed by atoms with Crippen LogP contribution in [0, 0.1) is 0 Å². The Hall–Kier alpha value is -2.89. The number of anilines is 2. The third-order valence-electron chi connectivity index (χ3n) is 5.95. The molecule has 11 heteroatoms. The van der Waals surface area contributed by atoms with Crippen LogP contribution in [0.25, 0.3) is 11.0 Å². The second-order valence-corrected chi connectivity index (χ2v) is 9.00. The lowest BCUT2D eigenvalue weighted by Gasteiger charge is -2.31. The van der Waals surface area contributed by atoms with E-state index >= 15 is 0 Å². The highest BCUT2D eigenvalue weighted by molar-refractivity contribution is 7.98. The topological polar surface area (TPSA) is 97.8 Å². The van der Waals surface area contributed by atoms with Crippen LogP contribution in [0.2, 0.25) is 0 Å². The maximum Gasteiger partial charge on any atom is 0.228 e. The summed E-state index contributed by atoms with van der Waals surface area (Å²) in [4.78, 5) is 23.6. The maximum absolute atomic E-state index is 5.57. The standard InChI is InChI=1S/C23H29N7O3S/c1-31-17-4-3-16(13-18(17)32-2)14-34-22-20-19(25-15-26-22)21(29-9-11-33-12-10-29)28-23(27-20)30-7-5-24-6-8-30/h3-4,13,15,24H,5-12,14H2,1-2H3. The van der Waals surface area contributed by atoms with Gasteiger partial charge in [0.1, 0.15) is 22.4 Å². The Labute approximate surface area is 203 Å². The van der Waals surface area contributed by atoms with E-state index in [-0.39, 0.29) is 0 Å². The molecule has 180 valence electrons. The molecular formula is C23H29N7O3S. The van der Waals surface area contributed by atoms with E-state index in [0.717, 1.165) is 72.7 Å². The number of methoxy groups -OCH3 is 2. The molecule has 3 aromatic rings. The van der Waals surface area contributed by atoms with Crippen LogP contribution in [0.4, 0.5) is 11.8 Å². The smallest absolute Gasteiger partial charge is 0.228 e. The third kappa shape index (κ3) is 4.82. The zero-order chi connectivity index (χ0) is 23.3. The second kappa shape index (κ2) is 10.6. The summed E-state index contributed by atoms with van der Waals surface area (Å²) in [5, 5.41) is 4.24. The van der Waals surface area contributed by atoms with E-state index < -0.39 is 0 Å². The van der Waals surface area contributed by atoms with Gasteiger partial charge in [-0.3, -0.25) is 0 Å². The Morgan fingerprint density at radius 1 is 0.941 bits per heavy atom. The third-order valence-corrected chi connectivity index (χ3v) is 7.00. The highest BCUT2D eigenvalue weighted by Crippen LogP contribution is 2.34. The molecule has 0 atom stereocenters. The van der Waals surface area contributed by atoms with Gasteiger partial charge in [0.15, 0.2) is 17.3 Å². The van der Waals surface area contributed by atoms with Crippen LogP contribution in [0.5, 0.6) is 11.5 Å². The van der Waals surface area contributed by atoms with Crippen molar-refractivity contribution in [2.24, 2.45) is 0 Å². The number of hydrogen-bond donors (Lipinski definition) is 1. The predicted molar refractivity (Wildman–Crippen MR) is 132 cm³/mol. The number of morpholine rings is 1. The van der Waals surface area contributed by atoms with Gasteiger partial charge in [0.25, 0.3) is 0 Å². The molecule has 0 spiro atoms. The Kier molecular flexibility index (Phi) is 7.12. The zero-order valence-corrected chi connectivity index (χ0v) is 20.3. The molecule has 34 heavy (non-hydrogen) atoms. The molecule has 1 N–H and O–H groups in total. The van der Waals surface area contributed by atoms with Crippen molar-refractivity contribution in [3.63, 3.8) is 0 Å². The van der Waals surface area contributed by atoms with E-state index in [9.17, 15) is 0 Å². The van der Waals surface area contributed by atoms with Gasteiger partial charge in [-0.05, 0) is 17.7 Å². The molecule has 4 heterocycles. The highest BCUT2D eigenvalue weighted by atomic mass is 32.2. The van der Waals surface area contributed by atoms with Crippen molar-refractivity contribution in [1.82, 2.24) is 25.3 Å². The van der Waals surface area contributed by atoms with Gasteiger partial charge < -0.3 is 29.3 Å². The second-order valence-electron chi connectivity index (χ2n) is 8.04. The van der Waals surface area contributed by atoms with E-state index in [1.165, 1.54) is 0 Å². The molecule has 2 aliphatic heterocycles. The lowest BCUT2D eigenvalue weighted by Crippen LogP contribution is -2.44. The van der Waals surface area contributed by atoms with Crippen molar-refractivity contribution >= 4 is 34.6 Å². The number of nitrogens with zero attached hydrogens (tertiary/aromatic N) is 6. The quantitative estimate of drug-likeness (QED) is 0.395. The van der Waals surface area contributed by atoms with Crippen molar-refractivity contribution in [3.8, 4) is 11.5 Å². The summed E-state index contributed by atoms with van der Waals surface area (Å²) in [7, 11) is 3.29. The molecule has 0 amide bonds. The van der Waals surface area contributed by atoms with Gasteiger partial charge in [0, 0.05) is 45.0 Å². The summed E-state index contributed by atoms with van der Waals surface area (Å²) in [5.41, 5.74) is 2.68. The summed E-state index contributed by atoms with van der Waals surface area (Å²) in [5.74, 6) is 3.74. The first-order chi connectivity index (χ1) is 16.8. The van der Waals surface area contributed by atoms with E-state index in [4.69, 9.17) is 24.2 Å². The van der Waals surface area contributed by atoms with Crippen molar-refractivity contribution in [1.29, 1.82) is 0 Å². The largest absolute Gasteiger partial charge is 0.493 e. The number of hydrogen-bond acceptors (Lipinski definition) is 11. The number of nitrogens with one attached hydrogen (secondary N) is 1. The molecule has 0 unspecified atom stereocenters. The minimum absolute atomic E-state index is 0.681. The number of aromatic nitrogens is 4. The highest BCUT2D eigenvalue weighted by Gasteiger charge is 2.23. The Balaban J connectivity index is 1.50. The SMILES string of the molecule is COc1ccc(CSc2ncnc3c(N4CCOCC4)nc(N4CCNCC4)nc23)cc1OC. The van der Waals surface area contributed by atoms with Crippen molar-refractivity contribution in [2.75, 3.05) is 76.5 Å². The molecular weight excluding hydrogens is 454 g/mol. The number of piperazine rings is 1. The molecule has 2 aromatic heterocycles. The van der Waals surface area contributed by atoms with Crippen molar-refractivity contribution in [3.05, 3.63) is 30.1 Å². The molecule has 2 fully saturated rings. The predicted octanol–water partition coefficient (Wildman–Crippen LogP) is 1.98. The van der Waals surface area contributed by atoms with E-state index in [1.54, 1.807) is 32.3 Å². The molecule has 2 aliphatic rings. The van der Waals surface area contributed by atoms with Crippen LogP contribution in [-0.4, -0.2) is 86.6 Å². The Morgan fingerprint density at radius 2 is 1.74 bits per heavy atom. The van der Waals surface area contributed by atoms with Gasteiger partial charge in [0.2, 0.25) is 5.95 Å². The molecule has 0 radical (unpaired) electrons. The fourth-order valence-electron chi connectivity index (χ4n) is 4.13. The molecule has 2 saturated heterocycles. The van der Waals surface area contributed by atoms with Crippen LogP contribution >= 0.6 is 11.8 Å². The van der Waals surface area contributed by atoms with E-state index in [1.807, 2.05) is 18.2 Å². The molecule has 0 bridgehead atoms. The molecule has 5 rings (SSSR count). The number of rotatable bonds is 7. The van der Waals surface area contributed by atoms with Gasteiger partial charge in [-0.25, -0.2) is 15.0 Å². The maximum atomic E-state index is 5.57. The van der Waals surface area contributed by atoms with Crippen LogP contribution < -0.4 is 24.6 Å². The average Bonchev–Trinajstić information content (AvgIpc) is 2.92. The Morgan fingerprint density at radius 3 is 2.50 bits per heavy atom. The lowest BCUT2D eigenvalue weighted by molar-refractivity contribution is 0.122. The average molecular weight is 484 g/mol. The number of fused-ring (bicyclic) bond motifs is 1. The monoisotopic (exact) mass is 483 g/mol. The zero-order valence-electron chi connectivity index (χ0n) is 19.5. The normalized spacial score (nSPS) is 16.6. The number of thioether (sulfide) groups is 1. The minimum Gasteiger partial charge on any atom is -0.493 e. The molecule has 10 nitrogen and oxygen atoms in total. The first-order valence-electron chi connectivity index (χ1n) is 11.4. The number of ether oxygens (including phenoxy) is 3. The van der Waals surface area contributed by atoms with Crippen LogP contribution in [0.3, 0.4) is 0 Å². The Bertz CT molecular complexity index is 1140. The van der Waals surface area contributed by atoms with Crippen molar-refractivity contribution < 1.29 is 14.2 Å². The first kappa shape index (κ1) is 22.9. The fraction of sp³-hybridized carbons (Fsp3) is 0.478. The van der Waals surface area contributed by atoms with Gasteiger partial charge in [0.05, 0.1) is 27.4 Å². The van der Waals surface area contributed by atoms with Crippen molar-refractivity contribution in [2.45, 2.75) is 10.8 Å². The lowest BCUT2D eigenvalue weighted by atomic mass is 10.2. The summed E-state index contributed by atoms with van der Waals surface area (Å²) >= 11 is 1.63. The first-order valence-corrected chi connectivity index (χ1v) is 12.4. The summed E-state index contributed by atoms with van der Waals surface area (Å²) in [6, 6.07) is 5.96. The van der Waals surface area contributed by atoms with Gasteiger partial charge >= 0.3 is 0 Å². The summed E-state index contributed by atoms with van der Waals surface area (Å²) < 4.78 is 16.4. The number of benzene rings is 1. The molecule has 0 saturated carbocycles. The summed E-state index contributed by atoms with van der Waals surface area (Å²) in [6.45, 7) is 6.50. The van der Waals surface area contributed by atoms with Crippen LogP contribution in [-0.2, 0) is 10.5 Å². The molecule has 0 aliphatic carbocycles. The van der Waals surface area contributed by atoms with E-state index in [2.05, 4.69) is 25.1 Å². The summed E-state index contributed by atoms with van der Waals surface area (Å²) in [6.07, 6.45) is 1.61.